The number of fused-ring (bicyclic) bond motifs is 1. The number of Topliss-reactive ketones (excluding diaryl/α,β-unsaturated/α-hetero) is 1. The van der Waals surface area contributed by atoms with Crippen molar-refractivity contribution >= 4 is 5.78 Å². The first kappa shape index (κ1) is 12.8. The number of aromatic hydroxyl groups is 1. The molecule has 1 aromatic carbocycles. The van der Waals surface area contributed by atoms with Crippen molar-refractivity contribution in [3.05, 3.63) is 23.3 Å². The van der Waals surface area contributed by atoms with Gasteiger partial charge in [0.1, 0.15) is 17.8 Å². The van der Waals surface area contributed by atoms with Crippen LogP contribution in [0.25, 0.3) is 0 Å². The normalized spacial score (nSPS) is 48.5. The number of ether oxygens (including phenoxy) is 2. The number of aliphatic hydroxyl groups is 1. The second-order valence-corrected chi connectivity index (χ2v) is 7.57. The summed E-state index contributed by atoms with van der Waals surface area (Å²) < 4.78 is 11.6. The Kier molecular flexibility index (Phi) is 1.89. The fraction of sp³-hybridized carbons (Fsp3) is 0.588. The summed E-state index contributed by atoms with van der Waals surface area (Å²) >= 11 is 0. The average Bonchev–Trinajstić information content (AvgIpc) is 3.25. The SMILES string of the molecule is CN1CC[C@]23c4c5ccc(O)c4O[C@H]2C(=O)C2OC2[C@@]3(O)[C@H]1C5. The van der Waals surface area contributed by atoms with E-state index < -0.39 is 29.3 Å². The van der Waals surface area contributed by atoms with Crippen molar-refractivity contribution in [2.24, 2.45) is 0 Å². The van der Waals surface area contributed by atoms with E-state index in [4.69, 9.17) is 9.47 Å². The molecule has 6 nitrogen and oxygen atoms in total. The molecule has 6 rings (SSSR count). The minimum Gasteiger partial charge on any atom is -0.504 e. The number of hydrogen-bond donors (Lipinski definition) is 2. The van der Waals surface area contributed by atoms with E-state index in [9.17, 15) is 15.0 Å². The molecule has 1 saturated carbocycles. The van der Waals surface area contributed by atoms with E-state index in [-0.39, 0.29) is 17.6 Å². The van der Waals surface area contributed by atoms with E-state index in [0.29, 0.717) is 18.6 Å². The van der Waals surface area contributed by atoms with Crippen molar-refractivity contribution in [3.63, 3.8) is 0 Å². The van der Waals surface area contributed by atoms with Crippen LogP contribution in [0.5, 0.6) is 11.5 Å². The Morgan fingerprint density at radius 3 is 3.04 bits per heavy atom. The number of benzene rings is 1. The van der Waals surface area contributed by atoms with Gasteiger partial charge in [-0.25, -0.2) is 0 Å². The predicted octanol–water partition coefficient (Wildman–Crippen LogP) is -0.268. The molecule has 1 spiro atoms. The molecular weight excluding hydrogens is 298 g/mol. The van der Waals surface area contributed by atoms with Gasteiger partial charge in [0.2, 0.25) is 5.78 Å². The fourth-order valence-electron chi connectivity index (χ4n) is 5.83. The van der Waals surface area contributed by atoms with Gasteiger partial charge >= 0.3 is 0 Å². The number of carbonyl (C=O) groups is 1. The second kappa shape index (κ2) is 3.41. The molecule has 0 radical (unpaired) electrons. The van der Waals surface area contributed by atoms with Crippen LogP contribution in [0.3, 0.4) is 0 Å². The number of hydrogen-bond acceptors (Lipinski definition) is 6. The number of rotatable bonds is 0. The topological polar surface area (TPSA) is 82.5 Å². The van der Waals surface area contributed by atoms with Crippen LogP contribution in [-0.4, -0.2) is 64.4 Å². The van der Waals surface area contributed by atoms with Crippen LogP contribution in [-0.2, 0) is 21.4 Å². The van der Waals surface area contributed by atoms with E-state index in [1.165, 1.54) is 0 Å². The van der Waals surface area contributed by atoms with Crippen molar-refractivity contribution in [3.8, 4) is 11.5 Å². The molecule has 2 saturated heterocycles. The molecule has 2 bridgehead atoms. The number of nitrogens with zero attached hydrogens (tertiary/aromatic N) is 1. The standard InChI is InChI=1S/C17H17NO5/c1-18-5-4-16-10-7-2-3-8(19)12(10)22-14(16)11(20)13-15(23-13)17(16,21)9(18)6-7/h2-3,9,13-15,19,21H,4-6H2,1H3/t9-,13?,14+,15?,16+,17+/m1/s1. The molecule has 3 aliphatic heterocycles. The summed E-state index contributed by atoms with van der Waals surface area (Å²) in [5, 5.41) is 22.1. The van der Waals surface area contributed by atoms with E-state index in [1.807, 2.05) is 13.1 Å². The third-order valence-corrected chi connectivity index (χ3v) is 6.84. The first-order chi connectivity index (χ1) is 11.0. The number of likely N-dealkylation sites (tertiary alicyclic amines) is 1. The molecule has 2 N–H and O–H groups in total. The highest BCUT2D eigenvalue weighted by atomic mass is 16.6. The fourth-order valence-corrected chi connectivity index (χ4v) is 5.83. The lowest BCUT2D eigenvalue weighted by atomic mass is 9.49. The predicted molar refractivity (Wildman–Crippen MR) is 77.6 cm³/mol. The van der Waals surface area contributed by atoms with Crippen molar-refractivity contribution < 1.29 is 24.5 Å². The Bertz CT molecular complexity index is 793. The molecule has 5 aliphatic rings. The molecule has 1 aromatic rings. The number of phenolic OH excluding ortho intramolecular Hbond substituents is 1. The monoisotopic (exact) mass is 315 g/mol. The van der Waals surface area contributed by atoms with Gasteiger partial charge in [0.05, 0.1) is 5.41 Å². The lowest BCUT2D eigenvalue weighted by Crippen LogP contribution is -2.78. The zero-order valence-electron chi connectivity index (χ0n) is 12.7. The number of piperidine rings is 1. The molecule has 2 unspecified atom stereocenters. The molecule has 3 fully saturated rings. The maximum Gasteiger partial charge on any atom is 0.205 e. The van der Waals surface area contributed by atoms with Crippen LogP contribution in [0, 0.1) is 0 Å². The first-order valence-corrected chi connectivity index (χ1v) is 8.14. The van der Waals surface area contributed by atoms with Crippen LogP contribution < -0.4 is 4.74 Å². The molecule has 0 aromatic heterocycles. The van der Waals surface area contributed by atoms with Crippen molar-refractivity contribution in [1.29, 1.82) is 0 Å². The molecule has 23 heavy (non-hydrogen) atoms. The van der Waals surface area contributed by atoms with Crippen molar-refractivity contribution in [2.45, 2.75) is 48.2 Å². The lowest BCUT2D eigenvalue weighted by Gasteiger charge is -2.60. The molecule has 120 valence electrons. The zero-order chi connectivity index (χ0) is 15.7. The highest BCUT2D eigenvalue weighted by Crippen LogP contribution is 2.67. The van der Waals surface area contributed by atoms with Gasteiger partial charge in [-0.2, -0.15) is 0 Å². The maximum atomic E-state index is 12.8. The third-order valence-electron chi connectivity index (χ3n) is 6.84. The Labute approximate surface area is 132 Å². The van der Waals surface area contributed by atoms with Gasteiger partial charge in [0.15, 0.2) is 17.6 Å². The summed E-state index contributed by atoms with van der Waals surface area (Å²) in [6, 6.07) is 3.43. The number of ketones is 1. The molecular formula is C17H17NO5. The maximum absolute atomic E-state index is 12.8. The molecule has 6 atom stereocenters. The van der Waals surface area contributed by atoms with Gasteiger partial charge in [0.25, 0.3) is 0 Å². The first-order valence-electron chi connectivity index (χ1n) is 8.14. The number of phenols is 1. The molecule has 0 amide bonds. The quantitative estimate of drug-likeness (QED) is 0.642. The van der Waals surface area contributed by atoms with Crippen molar-refractivity contribution in [2.75, 3.05) is 13.6 Å². The van der Waals surface area contributed by atoms with Gasteiger partial charge in [-0.05, 0) is 38.1 Å². The van der Waals surface area contributed by atoms with Crippen LogP contribution in [0.2, 0.25) is 0 Å². The highest BCUT2D eigenvalue weighted by Gasteiger charge is 2.82. The summed E-state index contributed by atoms with van der Waals surface area (Å²) in [6.45, 7) is 0.784. The van der Waals surface area contributed by atoms with E-state index in [2.05, 4.69) is 4.90 Å². The Hall–Kier alpha value is -1.63. The summed E-state index contributed by atoms with van der Waals surface area (Å²) in [6.07, 6.45) is -0.471. The number of carbonyl (C=O) groups excluding carboxylic acids is 1. The lowest BCUT2D eigenvalue weighted by molar-refractivity contribution is -0.181. The third kappa shape index (κ3) is 1.06. The van der Waals surface area contributed by atoms with Gasteiger partial charge in [-0.1, -0.05) is 6.07 Å². The largest absolute Gasteiger partial charge is 0.504 e. The van der Waals surface area contributed by atoms with Crippen LogP contribution in [0.4, 0.5) is 0 Å². The molecule has 3 heterocycles. The minimum atomic E-state index is -1.14. The second-order valence-electron chi connectivity index (χ2n) is 7.57. The summed E-state index contributed by atoms with van der Waals surface area (Å²) in [5.41, 5.74) is -0.0272. The molecule has 6 heteroatoms. The Morgan fingerprint density at radius 1 is 1.39 bits per heavy atom. The average molecular weight is 315 g/mol. The van der Waals surface area contributed by atoms with E-state index >= 15 is 0 Å². The smallest absolute Gasteiger partial charge is 0.205 e. The van der Waals surface area contributed by atoms with Gasteiger partial charge in [-0.3, -0.25) is 4.79 Å². The van der Waals surface area contributed by atoms with Gasteiger partial charge in [-0.15, -0.1) is 0 Å². The number of likely N-dealkylation sites (N-methyl/N-ethyl adjacent to an activating group) is 1. The van der Waals surface area contributed by atoms with E-state index in [0.717, 1.165) is 17.7 Å². The Balaban J connectivity index is 1.74. The van der Waals surface area contributed by atoms with Crippen LogP contribution in [0.15, 0.2) is 12.1 Å². The van der Waals surface area contributed by atoms with Crippen LogP contribution in [0.1, 0.15) is 17.5 Å². The van der Waals surface area contributed by atoms with Crippen LogP contribution >= 0.6 is 0 Å². The van der Waals surface area contributed by atoms with E-state index in [1.54, 1.807) is 6.07 Å². The number of epoxide rings is 1. The summed E-state index contributed by atoms with van der Waals surface area (Å²) in [4.78, 5) is 14.9. The molecule has 2 aliphatic carbocycles. The Morgan fingerprint density at radius 2 is 2.22 bits per heavy atom. The minimum absolute atomic E-state index is 0.0506. The van der Waals surface area contributed by atoms with Crippen molar-refractivity contribution in [1.82, 2.24) is 4.90 Å². The summed E-state index contributed by atoms with van der Waals surface area (Å²) in [7, 11) is 2.01. The highest BCUT2D eigenvalue weighted by molar-refractivity contribution is 5.96. The van der Waals surface area contributed by atoms with Gasteiger partial charge in [0, 0.05) is 11.6 Å². The zero-order valence-corrected chi connectivity index (χ0v) is 12.7. The summed E-state index contributed by atoms with van der Waals surface area (Å²) in [5.74, 6) is 0.352. The van der Waals surface area contributed by atoms with Gasteiger partial charge < -0.3 is 24.6 Å².